The molecule has 0 aliphatic carbocycles. The molecule has 0 unspecified atom stereocenters. The number of rotatable bonds is 6. The molecule has 3 rings (SSSR count). The normalized spacial score (nSPS) is 10.8. The number of nitrogens with zero attached hydrogens (tertiary/aromatic N) is 6. The van der Waals surface area contributed by atoms with Crippen LogP contribution in [0.15, 0.2) is 29.4 Å². The number of hydrogen-bond acceptors (Lipinski definition) is 8. The summed E-state index contributed by atoms with van der Waals surface area (Å²) in [6.45, 7) is 4.01. The number of amides is 1. The second kappa shape index (κ2) is 7.49. The van der Waals surface area contributed by atoms with Crippen molar-refractivity contribution in [2.24, 2.45) is 0 Å². The highest BCUT2D eigenvalue weighted by molar-refractivity contribution is 7.99. The maximum Gasteiger partial charge on any atom is 0.236 e. The third-order valence-electron chi connectivity index (χ3n) is 3.07. The molecule has 0 fully saturated rings. The van der Waals surface area contributed by atoms with Crippen molar-refractivity contribution in [3.05, 3.63) is 34.8 Å². The summed E-state index contributed by atoms with van der Waals surface area (Å²) in [7, 11) is 0. The topological polar surface area (TPSA) is 98.5 Å². The number of thioether (sulfide) groups is 1. The molecule has 3 aromatic rings. The molecule has 124 valence electrons. The molecule has 2 heterocycles. The highest BCUT2D eigenvalue weighted by atomic mass is 32.2. The molecular formula is C14H15N7OS2. The van der Waals surface area contributed by atoms with E-state index in [9.17, 15) is 4.79 Å². The lowest BCUT2D eigenvalue weighted by molar-refractivity contribution is -0.113. The van der Waals surface area contributed by atoms with Crippen LogP contribution in [0.1, 0.15) is 17.5 Å². The summed E-state index contributed by atoms with van der Waals surface area (Å²) in [4.78, 5) is 12.0. The average molecular weight is 361 g/mol. The first kappa shape index (κ1) is 16.5. The molecule has 10 heteroatoms. The standard InChI is InChI=1S/C14H15N7OS2/c1-3-12-16-17-13(24-12)15-11(22)8-23-14-18-19-20-21(14)10-6-4-9(2)5-7-10/h4-7H,3,8H2,1-2H3,(H,15,17,22). The van der Waals surface area contributed by atoms with E-state index < -0.39 is 0 Å². The van der Waals surface area contributed by atoms with Gasteiger partial charge < -0.3 is 0 Å². The van der Waals surface area contributed by atoms with Gasteiger partial charge in [-0.1, -0.05) is 47.7 Å². The fraction of sp³-hybridized carbons (Fsp3) is 0.286. The van der Waals surface area contributed by atoms with Crippen LogP contribution in [-0.2, 0) is 11.2 Å². The van der Waals surface area contributed by atoms with Crippen molar-refractivity contribution in [3.63, 3.8) is 0 Å². The lowest BCUT2D eigenvalue weighted by atomic mass is 10.2. The Hall–Kier alpha value is -2.33. The summed E-state index contributed by atoms with van der Waals surface area (Å²) in [5.41, 5.74) is 2.01. The zero-order valence-corrected chi connectivity index (χ0v) is 14.8. The summed E-state index contributed by atoms with van der Waals surface area (Å²) < 4.78 is 1.61. The van der Waals surface area contributed by atoms with Crippen molar-refractivity contribution in [2.45, 2.75) is 25.4 Å². The number of anilines is 1. The largest absolute Gasteiger partial charge is 0.300 e. The highest BCUT2D eigenvalue weighted by Crippen LogP contribution is 2.20. The van der Waals surface area contributed by atoms with Crippen molar-refractivity contribution in [1.82, 2.24) is 30.4 Å². The molecule has 0 atom stereocenters. The summed E-state index contributed by atoms with van der Waals surface area (Å²) in [6.07, 6.45) is 0.799. The second-order valence-electron chi connectivity index (χ2n) is 4.90. The van der Waals surface area contributed by atoms with Gasteiger partial charge in [0.05, 0.1) is 11.4 Å². The van der Waals surface area contributed by atoms with Crippen LogP contribution in [0.2, 0.25) is 0 Å². The van der Waals surface area contributed by atoms with E-state index in [1.165, 1.54) is 23.1 Å². The number of aromatic nitrogens is 6. The van der Waals surface area contributed by atoms with Crippen LogP contribution in [0.4, 0.5) is 5.13 Å². The summed E-state index contributed by atoms with van der Waals surface area (Å²) in [5, 5.41) is 24.2. The average Bonchev–Trinajstić information content (AvgIpc) is 3.22. The molecule has 1 aromatic carbocycles. The summed E-state index contributed by atoms with van der Waals surface area (Å²) in [6, 6.07) is 7.84. The summed E-state index contributed by atoms with van der Waals surface area (Å²) in [5.74, 6) is 0.0186. The van der Waals surface area contributed by atoms with Crippen LogP contribution in [0, 0.1) is 6.92 Å². The Balaban J connectivity index is 1.61. The predicted octanol–water partition coefficient (Wildman–Crippen LogP) is 2.12. The third kappa shape index (κ3) is 3.95. The number of hydrogen-bond donors (Lipinski definition) is 1. The van der Waals surface area contributed by atoms with Crippen molar-refractivity contribution in [2.75, 3.05) is 11.1 Å². The Morgan fingerprint density at radius 2 is 2.04 bits per heavy atom. The molecule has 0 saturated carbocycles. The van der Waals surface area contributed by atoms with Gasteiger partial charge in [-0.05, 0) is 35.9 Å². The molecule has 0 radical (unpaired) electrons. The van der Waals surface area contributed by atoms with Crippen molar-refractivity contribution >= 4 is 34.1 Å². The van der Waals surface area contributed by atoms with E-state index in [0.717, 1.165) is 22.7 Å². The van der Waals surface area contributed by atoms with Crippen LogP contribution in [0.25, 0.3) is 5.69 Å². The number of carbonyl (C=O) groups is 1. The first-order valence-electron chi connectivity index (χ1n) is 7.26. The van der Waals surface area contributed by atoms with Crippen LogP contribution >= 0.6 is 23.1 Å². The fourth-order valence-electron chi connectivity index (χ4n) is 1.85. The first-order chi connectivity index (χ1) is 11.7. The predicted molar refractivity (Wildman–Crippen MR) is 92.5 cm³/mol. The molecule has 24 heavy (non-hydrogen) atoms. The number of nitrogens with one attached hydrogen (secondary N) is 1. The van der Waals surface area contributed by atoms with Crippen LogP contribution < -0.4 is 5.32 Å². The SMILES string of the molecule is CCc1nnc(NC(=O)CSc2nnnn2-c2ccc(C)cc2)s1. The fourth-order valence-corrected chi connectivity index (χ4v) is 3.24. The summed E-state index contributed by atoms with van der Waals surface area (Å²) >= 11 is 2.64. The molecular weight excluding hydrogens is 346 g/mol. The second-order valence-corrected chi connectivity index (χ2v) is 6.90. The van der Waals surface area contributed by atoms with E-state index >= 15 is 0 Å². The van der Waals surface area contributed by atoms with Gasteiger partial charge in [-0.2, -0.15) is 4.68 Å². The minimum atomic E-state index is -0.169. The molecule has 2 aromatic heterocycles. The minimum Gasteiger partial charge on any atom is -0.300 e. The molecule has 8 nitrogen and oxygen atoms in total. The van der Waals surface area contributed by atoms with E-state index in [2.05, 4.69) is 31.0 Å². The van der Waals surface area contributed by atoms with Gasteiger partial charge in [-0.25, -0.2) is 0 Å². The van der Waals surface area contributed by atoms with E-state index in [0.29, 0.717) is 10.3 Å². The quantitative estimate of drug-likeness (QED) is 0.671. The van der Waals surface area contributed by atoms with Crippen molar-refractivity contribution < 1.29 is 4.79 Å². The van der Waals surface area contributed by atoms with Crippen molar-refractivity contribution in [3.8, 4) is 5.69 Å². The maximum absolute atomic E-state index is 12.0. The van der Waals surface area contributed by atoms with Gasteiger partial charge in [0.1, 0.15) is 5.01 Å². The van der Waals surface area contributed by atoms with Crippen molar-refractivity contribution in [1.29, 1.82) is 0 Å². The Morgan fingerprint density at radius 3 is 2.75 bits per heavy atom. The van der Waals surface area contributed by atoms with Gasteiger partial charge in [0.15, 0.2) is 0 Å². The number of carbonyl (C=O) groups excluding carboxylic acids is 1. The zero-order chi connectivity index (χ0) is 16.9. The lowest BCUT2D eigenvalue weighted by Gasteiger charge is -2.04. The maximum atomic E-state index is 12.0. The van der Waals surface area contributed by atoms with Crippen LogP contribution in [0.3, 0.4) is 0 Å². The third-order valence-corrected chi connectivity index (χ3v) is 4.97. The first-order valence-corrected chi connectivity index (χ1v) is 9.06. The highest BCUT2D eigenvalue weighted by Gasteiger charge is 2.13. The number of tetrazole rings is 1. The van der Waals surface area contributed by atoms with Gasteiger partial charge in [-0.15, -0.1) is 15.3 Å². The van der Waals surface area contributed by atoms with Gasteiger partial charge in [0.2, 0.25) is 16.2 Å². The number of benzene rings is 1. The molecule has 0 saturated heterocycles. The Morgan fingerprint density at radius 1 is 1.25 bits per heavy atom. The lowest BCUT2D eigenvalue weighted by Crippen LogP contribution is -2.14. The van der Waals surface area contributed by atoms with Gasteiger partial charge in [0, 0.05) is 0 Å². The van der Waals surface area contributed by atoms with Crippen LogP contribution in [0.5, 0.6) is 0 Å². The Kier molecular flexibility index (Phi) is 5.16. The molecule has 0 spiro atoms. The molecule has 0 aliphatic rings. The van der Waals surface area contributed by atoms with E-state index in [1.807, 2.05) is 38.1 Å². The molecule has 1 amide bonds. The molecule has 0 aliphatic heterocycles. The van der Waals surface area contributed by atoms with E-state index in [-0.39, 0.29) is 11.7 Å². The van der Waals surface area contributed by atoms with Gasteiger partial charge >= 0.3 is 0 Å². The zero-order valence-electron chi connectivity index (χ0n) is 13.1. The van der Waals surface area contributed by atoms with E-state index in [4.69, 9.17) is 0 Å². The van der Waals surface area contributed by atoms with Gasteiger partial charge in [0.25, 0.3) is 0 Å². The Bertz CT molecular complexity index is 828. The van der Waals surface area contributed by atoms with Crippen LogP contribution in [-0.4, -0.2) is 42.1 Å². The Labute approximate surface area is 146 Å². The smallest absolute Gasteiger partial charge is 0.236 e. The van der Waals surface area contributed by atoms with Gasteiger partial charge in [-0.3, -0.25) is 10.1 Å². The molecule has 1 N–H and O–H groups in total. The van der Waals surface area contributed by atoms with E-state index in [1.54, 1.807) is 4.68 Å². The monoisotopic (exact) mass is 361 g/mol. The number of aryl methyl sites for hydroxylation is 2. The molecule has 0 bridgehead atoms. The minimum absolute atomic E-state index is 0.169.